The molecule has 3 rings (SSSR count). The summed E-state index contributed by atoms with van der Waals surface area (Å²) in [6.45, 7) is 7.41. The number of halogens is 2. The van der Waals surface area contributed by atoms with Crippen LogP contribution in [0.3, 0.4) is 0 Å². The lowest BCUT2D eigenvalue weighted by Crippen LogP contribution is -2.46. The number of hydrogen-bond donors (Lipinski definition) is 1. The second-order valence-corrected chi connectivity index (χ2v) is 6.49. The van der Waals surface area contributed by atoms with Gasteiger partial charge in [-0.15, -0.1) is 0 Å². The molecule has 0 saturated carbocycles. The summed E-state index contributed by atoms with van der Waals surface area (Å²) in [6, 6.07) is 6.76. The molecule has 128 valence electrons. The number of hydrogen-bond acceptors (Lipinski definition) is 1. The lowest BCUT2D eigenvalue weighted by atomic mass is 9.97. The quantitative estimate of drug-likeness (QED) is 0.873. The second-order valence-electron chi connectivity index (χ2n) is 6.49. The maximum atomic E-state index is 13.8. The highest BCUT2D eigenvalue weighted by atomic mass is 19.1. The van der Waals surface area contributed by atoms with Crippen molar-refractivity contribution < 1.29 is 13.6 Å². The van der Waals surface area contributed by atoms with Gasteiger partial charge in [0, 0.05) is 30.5 Å². The van der Waals surface area contributed by atoms with Gasteiger partial charge in [-0.25, -0.2) is 13.6 Å². The van der Waals surface area contributed by atoms with Crippen LogP contribution in [-0.2, 0) is 6.54 Å². The summed E-state index contributed by atoms with van der Waals surface area (Å²) in [5.41, 5.74) is 2.24. The summed E-state index contributed by atoms with van der Waals surface area (Å²) in [5.74, 6) is -1.24. The third-order valence-electron chi connectivity index (χ3n) is 4.50. The van der Waals surface area contributed by atoms with E-state index < -0.39 is 11.6 Å². The lowest BCUT2D eigenvalue weighted by molar-refractivity contribution is 0.143. The van der Waals surface area contributed by atoms with Gasteiger partial charge in [-0.05, 0) is 37.1 Å². The van der Waals surface area contributed by atoms with E-state index >= 15 is 0 Å². The molecule has 0 bridgehead atoms. The first kappa shape index (κ1) is 16.5. The number of carbonyl (C=O) groups excluding carboxylic acids is 1. The van der Waals surface area contributed by atoms with Crippen molar-refractivity contribution in [3.8, 4) is 0 Å². The molecule has 4 nitrogen and oxygen atoms in total. The van der Waals surface area contributed by atoms with Crippen molar-refractivity contribution in [1.29, 1.82) is 0 Å². The van der Waals surface area contributed by atoms with Crippen LogP contribution in [0.1, 0.15) is 31.3 Å². The molecule has 0 spiro atoms. The largest absolute Gasteiger partial charge is 0.345 e. The molecular weight excluding hydrogens is 312 g/mol. The molecule has 1 N–H and O–H groups in total. The van der Waals surface area contributed by atoms with Crippen LogP contribution in [0.5, 0.6) is 0 Å². The number of amides is 2. The van der Waals surface area contributed by atoms with Crippen LogP contribution in [0, 0.1) is 24.5 Å². The fourth-order valence-corrected chi connectivity index (χ4v) is 3.37. The van der Waals surface area contributed by atoms with Crippen molar-refractivity contribution in [2.45, 2.75) is 33.4 Å². The molecule has 0 fully saturated rings. The van der Waals surface area contributed by atoms with Crippen LogP contribution in [0.15, 0.2) is 30.3 Å². The first-order valence-corrected chi connectivity index (χ1v) is 8.07. The number of fused-ring (bicyclic) bond motifs is 1. The number of anilines is 1. The Labute approximate surface area is 140 Å². The molecule has 1 atom stereocenters. The highest BCUT2D eigenvalue weighted by Gasteiger charge is 2.33. The molecule has 2 amide bonds. The summed E-state index contributed by atoms with van der Waals surface area (Å²) >= 11 is 0. The zero-order chi connectivity index (χ0) is 17.4. The Bertz CT molecular complexity index is 770. The molecule has 2 aromatic rings. The number of aryl methyl sites for hydroxylation is 1. The summed E-state index contributed by atoms with van der Waals surface area (Å²) in [7, 11) is 0. The molecule has 0 aliphatic carbocycles. The van der Waals surface area contributed by atoms with Gasteiger partial charge < -0.3 is 14.8 Å². The van der Waals surface area contributed by atoms with E-state index in [1.54, 1.807) is 4.90 Å². The summed E-state index contributed by atoms with van der Waals surface area (Å²) in [6.07, 6.45) is 0. The van der Waals surface area contributed by atoms with Gasteiger partial charge in [-0.2, -0.15) is 0 Å². The van der Waals surface area contributed by atoms with E-state index in [0.717, 1.165) is 17.8 Å². The number of urea groups is 1. The number of nitrogens with one attached hydrogen (secondary N) is 1. The molecule has 0 saturated heterocycles. The second kappa shape index (κ2) is 6.26. The third kappa shape index (κ3) is 2.88. The van der Waals surface area contributed by atoms with Gasteiger partial charge >= 0.3 is 6.03 Å². The van der Waals surface area contributed by atoms with E-state index in [2.05, 4.69) is 23.7 Å². The van der Waals surface area contributed by atoms with E-state index in [9.17, 15) is 13.6 Å². The Morgan fingerprint density at radius 3 is 2.62 bits per heavy atom. The number of carbonyl (C=O) groups is 1. The van der Waals surface area contributed by atoms with Gasteiger partial charge in [0.25, 0.3) is 0 Å². The molecule has 1 aliphatic rings. The van der Waals surface area contributed by atoms with Crippen LogP contribution >= 0.6 is 0 Å². The fraction of sp³-hybridized carbons (Fsp3) is 0.389. The maximum absolute atomic E-state index is 13.8. The van der Waals surface area contributed by atoms with Crippen LogP contribution in [0.4, 0.5) is 19.3 Å². The minimum atomic E-state index is -0.777. The smallest absolute Gasteiger partial charge is 0.322 e. The number of benzene rings is 1. The predicted octanol–water partition coefficient (Wildman–Crippen LogP) is 4.32. The van der Waals surface area contributed by atoms with Crippen molar-refractivity contribution in [3.63, 3.8) is 0 Å². The zero-order valence-corrected chi connectivity index (χ0v) is 14.0. The lowest BCUT2D eigenvalue weighted by Gasteiger charge is -2.39. The predicted molar refractivity (Wildman–Crippen MR) is 88.8 cm³/mol. The highest BCUT2D eigenvalue weighted by Crippen LogP contribution is 2.34. The molecule has 0 radical (unpaired) electrons. The van der Waals surface area contributed by atoms with Crippen LogP contribution in [0.25, 0.3) is 0 Å². The average Bonchev–Trinajstić information content (AvgIpc) is 2.90. The molecule has 24 heavy (non-hydrogen) atoms. The summed E-state index contributed by atoms with van der Waals surface area (Å²) in [5, 5.41) is 2.57. The number of rotatable bonds is 2. The van der Waals surface area contributed by atoms with E-state index in [1.165, 1.54) is 11.8 Å². The summed E-state index contributed by atoms with van der Waals surface area (Å²) < 4.78 is 29.0. The van der Waals surface area contributed by atoms with Crippen molar-refractivity contribution in [2.75, 3.05) is 11.9 Å². The first-order valence-electron chi connectivity index (χ1n) is 8.07. The van der Waals surface area contributed by atoms with Crippen molar-refractivity contribution in [3.05, 3.63) is 53.4 Å². The standard InChI is InChI=1S/C18H21F2N3O/c1-11(2)17-16-7-4-12(3)22(16)8-9-23(17)18(24)21-15-6-5-13(19)10-14(15)20/h4-7,10-11,17H,8-9H2,1-3H3,(H,21,24). The van der Waals surface area contributed by atoms with Gasteiger partial charge in [0.1, 0.15) is 11.6 Å². The molecule has 1 aliphatic heterocycles. The Morgan fingerprint density at radius 1 is 1.21 bits per heavy atom. The summed E-state index contributed by atoms with van der Waals surface area (Å²) in [4.78, 5) is 14.4. The Morgan fingerprint density at radius 2 is 1.96 bits per heavy atom. The minimum Gasteiger partial charge on any atom is -0.345 e. The van der Waals surface area contributed by atoms with Crippen molar-refractivity contribution in [2.24, 2.45) is 5.92 Å². The van der Waals surface area contributed by atoms with Crippen LogP contribution in [-0.4, -0.2) is 22.0 Å². The van der Waals surface area contributed by atoms with E-state index in [0.29, 0.717) is 13.1 Å². The van der Waals surface area contributed by atoms with Gasteiger partial charge in [0.05, 0.1) is 11.7 Å². The molecule has 1 aromatic heterocycles. The zero-order valence-electron chi connectivity index (χ0n) is 14.0. The molecular formula is C18H21F2N3O. The normalized spacial score (nSPS) is 17.1. The van der Waals surface area contributed by atoms with Crippen LogP contribution in [0.2, 0.25) is 0 Å². The maximum Gasteiger partial charge on any atom is 0.322 e. The number of nitrogens with zero attached hydrogens (tertiary/aromatic N) is 2. The SMILES string of the molecule is Cc1ccc2n1CCN(C(=O)Nc1ccc(F)cc1F)C2C(C)C. The molecule has 6 heteroatoms. The average molecular weight is 333 g/mol. The van der Waals surface area contributed by atoms with E-state index in [4.69, 9.17) is 0 Å². The first-order chi connectivity index (χ1) is 11.4. The fourth-order valence-electron chi connectivity index (χ4n) is 3.37. The highest BCUT2D eigenvalue weighted by molar-refractivity contribution is 5.89. The van der Waals surface area contributed by atoms with Gasteiger partial charge in [-0.1, -0.05) is 13.8 Å². The van der Waals surface area contributed by atoms with E-state index in [-0.39, 0.29) is 23.7 Å². The Balaban J connectivity index is 1.86. The van der Waals surface area contributed by atoms with Gasteiger partial charge in [0.15, 0.2) is 0 Å². The van der Waals surface area contributed by atoms with Gasteiger partial charge in [0.2, 0.25) is 0 Å². The topological polar surface area (TPSA) is 37.3 Å². The third-order valence-corrected chi connectivity index (χ3v) is 4.50. The monoisotopic (exact) mass is 333 g/mol. The van der Waals surface area contributed by atoms with Crippen molar-refractivity contribution >= 4 is 11.7 Å². The van der Waals surface area contributed by atoms with E-state index in [1.807, 2.05) is 19.1 Å². The van der Waals surface area contributed by atoms with Crippen LogP contribution < -0.4 is 5.32 Å². The van der Waals surface area contributed by atoms with Gasteiger partial charge in [-0.3, -0.25) is 0 Å². The molecule has 2 heterocycles. The Kier molecular flexibility index (Phi) is 4.30. The van der Waals surface area contributed by atoms with Crippen molar-refractivity contribution in [1.82, 2.24) is 9.47 Å². The molecule has 1 unspecified atom stereocenters. The minimum absolute atomic E-state index is 0.0129. The number of aromatic nitrogens is 1. The molecule has 1 aromatic carbocycles. The Hall–Kier alpha value is -2.37.